The number of urea groups is 1. The van der Waals surface area contributed by atoms with Crippen molar-refractivity contribution in [3.63, 3.8) is 0 Å². The van der Waals surface area contributed by atoms with Gasteiger partial charge in [-0.05, 0) is 30.8 Å². The maximum atomic E-state index is 11.5. The zero-order valence-electron chi connectivity index (χ0n) is 12.0. The Bertz CT molecular complexity index is 431. The summed E-state index contributed by atoms with van der Waals surface area (Å²) in [7, 11) is 3.40. The van der Waals surface area contributed by atoms with Gasteiger partial charge in [0.15, 0.2) is 0 Å². The normalized spacial score (nSPS) is 10.6. The summed E-state index contributed by atoms with van der Waals surface area (Å²) in [5.74, 6) is 0. The molecule has 2 amide bonds. The molecule has 0 unspecified atom stereocenters. The Morgan fingerprint density at radius 3 is 2.37 bits per heavy atom. The molecule has 0 aliphatic rings. The molecule has 1 aromatic rings. The Hall–Kier alpha value is -1.26. The third-order valence-electron chi connectivity index (χ3n) is 3.00. The van der Waals surface area contributed by atoms with E-state index >= 15 is 0 Å². The van der Waals surface area contributed by atoms with E-state index < -0.39 is 0 Å². The summed E-state index contributed by atoms with van der Waals surface area (Å²) >= 11 is 6.26. The second-order valence-electron chi connectivity index (χ2n) is 4.59. The van der Waals surface area contributed by atoms with Crippen LogP contribution in [0.4, 0.5) is 10.5 Å². The highest BCUT2D eigenvalue weighted by Crippen LogP contribution is 2.22. The van der Waals surface area contributed by atoms with Crippen molar-refractivity contribution in [3.05, 3.63) is 28.8 Å². The molecule has 5 heteroatoms. The number of benzene rings is 1. The Kier molecular flexibility index (Phi) is 6.12. The number of rotatable bonds is 5. The minimum Gasteiger partial charge on any atom is -0.331 e. The van der Waals surface area contributed by atoms with Gasteiger partial charge >= 0.3 is 6.03 Å². The molecule has 1 rings (SSSR count). The van der Waals surface area contributed by atoms with Crippen LogP contribution in [-0.2, 0) is 6.54 Å². The van der Waals surface area contributed by atoms with Gasteiger partial charge in [-0.2, -0.15) is 0 Å². The van der Waals surface area contributed by atoms with E-state index in [1.54, 1.807) is 20.2 Å². The van der Waals surface area contributed by atoms with Crippen LogP contribution < -0.4 is 5.32 Å². The Labute approximate surface area is 120 Å². The van der Waals surface area contributed by atoms with Gasteiger partial charge in [0.05, 0.1) is 0 Å². The van der Waals surface area contributed by atoms with Crippen LogP contribution in [0.1, 0.15) is 19.4 Å². The number of halogens is 1. The lowest BCUT2D eigenvalue weighted by Gasteiger charge is -2.19. The molecule has 0 aromatic heterocycles. The van der Waals surface area contributed by atoms with Crippen LogP contribution in [0, 0.1) is 0 Å². The minimum atomic E-state index is -0.160. The van der Waals surface area contributed by atoms with Crippen molar-refractivity contribution in [3.8, 4) is 0 Å². The van der Waals surface area contributed by atoms with Crippen molar-refractivity contribution in [1.82, 2.24) is 9.80 Å². The van der Waals surface area contributed by atoms with Crippen LogP contribution in [0.3, 0.4) is 0 Å². The van der Waals surface area contributed by atoms with Crippen molar-refractivity contribution in [2.24, 2.45) is 0 Å². The highest BCUT2D eigenvalue weighted by Gasteiger charge is 2.08. The van der Waals surface area contributed by atoms with Crippen LogP contribution in [0.5, 0.6) is 0 Å². The Balaban J connectivity index is 2.77. The fourth-order valence-electron chi connectivity index (χ4n) is 1.68. The van der Waals surface area contributed by atoms with Gasteiger partial charge in [0.25, 0.3) is 0 Å². The van der Waals surface area contributed by atoms with E-state index in [1.165, 1.54) is 4.90 Å². The van der Waals surface area contributed by atoms with Crippen molar-refractivity contribution in [2.75, 3.05) is 32.5 Å². The number of amides is 2. The molecule has 0 bridgehead atoms. The van der Waals surface area contributed by atoms with Gasteiger partial charge in [-0.15, -0.1) is 0 Å². The van der Waals surface area contributed by atoms with Gasteiger partial charge in [0.1, 0.15) is 0 Å². The summed E-state index contributed by atoms with van der Waals surface area (Å²) in [5.41, 5.74) is 1.79. The third kappa shape index (κ3) is 4.73. The summed E-state index contributed by atoms with van der Waals surface area (Å²) in [4.78, 5) is 15.3. The zero-order valence-corrected chi connectivity index (χ0v) is 12.8. The monoisotopic (exact) mass is 283 g/mol. The number of anilines is 1. The lowest BCUT2D eigenvalue weighted by molar-refractivity contribution is 0.230. The second-order valence-corrected chi connectivity index (χ2v) is 5.00. The number of hydrogen-bond donors (Lipinski definition) is 1. The molecule has 0 heterocycles. The van der Waals surface area contributed by atoms with Crippen molar-refractivity contribution in [2.45, 2.75) is 20.4 Å². The first-order valence-corrected chi connectivity index (χ1v) is 6.84. The summed E-state index contributed by atoms with van der Waals surface area (Å²) in [6.07, 6.45) is 0. The number of carbonyl (C=O) groups is 1. The Morgan fingerprint density at radius 1 is 1.26 bits per heavy atom. The van der Waals surface area contributed by atoms with Gasteiger partial charge in [0, 0.05) is 31.4 Å². The maximum absolute atomic E-state index is 11.5. The Morgan fingerprint density at radius 2 is 1.89 bits per heavy atom. The number of carbonyl (C=O) groups excluding carboxylic acids is 1. The van der Waals surface area contributed by atoms with Gasteiger partial charge in [0.2, 0.25) is 0 Å². The number of nitrogens with zero attached hydrogens (tertiary/aromatic N) is 2. The molecule has 106 valence electrons. The molecule has 0 aliphatic carbocycles. The molecule has 19 heavy (non-hydrogen) atoms. The summed E-state index contributed by atoms with van der Waals surface area (Å²) in [6, 6.07) is 5.48. The summed E-state index contributed by atoms with van der Waals surface area (Å²) < 4.78 is 0. The molecular weight excluding hydrogens is 262 g/mol. The lowest BCUT2D eigenvalue weighted by Crippen LogP contribution is -2.27. The molecule has 1 aromatic carbocycles. The molecule has 0 aliphatic heterocycles. The minimum absolute atomic E-state index is 0.160. The fourth-order valence-corrected chi connectivity index (χ4v) is 1.92. The molecule has 0 saturated heterocycles. The standard InChI is InChI=1S/C14H22ClN3O/c1-5-18(6-2)10-11-7-8-12(9-13(11)15)16-14(19)17(3)4/h7-9H,5-6,10H2,1-4H3,(H,16,19). The topological polar surface area (TPSA) is 35.6 Å². The predicted octanol–water partition coefficient (Wildman–Crippen LogP) is 3.28. The molecule has 4 nitrogen and oxygen atoms in total. The molecule has 0 radical (unpaired) electrons. The molecule has 1 N–H and O–H groups in total. The van der Waals surface area contributed by atoms with Crippen molar-refractivity contribution >= 4 is 23.3 Å². The van der Waals surface area contributed by atoms with Gasteiger partial charge in [-0.25, -0.2) is 4.79 Å². The average molecular weight is 284 g/mol. The smallest absolute Gasteiger partial charge is 0.321 e. The van der Waals surface area contributed by atoms with Crippen molar-refractivity contribution < 1.29 is 4.79 Å². The second kappa shape index (κ2) is 7.36. The molecule has 0 spiro atoms. The van der Waals surface area contributed by atoms with E-state index in [4.69, 9.17) is 11.6 Å². The number of nitrogens with one attached hydrogen (secondary N) is 1. The molecule has 0 saturated carbocycles. The van der Waals surface area contributed by atoms with Gasteiger partial charge in [-0.3, -0.25) is 4.90 Å². The zero-order chi connectivity index (χ0) is 14.4. The predicted molar refractivity (Wildman–Crippen MR) is 80.8 cm³/mol. The number of hydrogen-bond acceptors (Lipinski definition) is 2. The van der Waals surface area contributed by atoms with E-state index in [2.05, 4.69) is 24.1 Å². The maximum Gasteiger partial charge on any atom is 0.321 e. The molecular formula is C14H22ClN3O. The van der Waals surface area contributed by atoms with Crippen LogP contribution in [0.25, 0.3) is 0 Å². The van der Waals surface area contributed by atoms with Crippen LogP contribution in [0.15, 0.2) is 18.2 Å². The SMILES string of the molecule is CCN(CC)Cc1ccc(NC(=O)N(C)C)cc1Cl. The average Bonchev–Trinajstić information content (AvgIpc) is 2.37. The van der Waals surface area contributed by atoms with E-state index in [1.807, 2.05) is 12.1 Å². The first kappa shape index (κ1) is 15.8. The van der Waals surface area contributed by atoms with Gasteiger partial charge in [-0.1, -0.05) is 31.5 Å². The van der Waals surface area contributed by atoms with E-state index in [9.17, 15) is 4.79 Å². The van der Waals surface area contributed by atoms with E-state index in [-0.39, 0.29) is 6.03 Å². The fraction of sp³-hybridized carbons (Fsp3) is 0.500. The summed E-state index contributed by atoms with van der Waals surface area (Å²) in [5, 5.41) is 3.46. The summed E-state index contributed by atoms with van der Waals surface area (Å²) in [6.45, 7) is 7.07. The highest BCUT2D eigenvalue weighted by atomic mass is 35.5. The highest BCUT2D eigenvalue weighted by molar-refractivity contribution is 6.31. The third-order valence-corrected chi connectivity index (χ3v) is 3.35. The van der Waals surface area contributed by atoms with E-state index in [0.717, 1.165) is 25.2 Å². The van der Waals surface area contributed by atoms with Crippen LogP contribution >= 0.6 is 11.6 Å². The quantitative estimate of drug-likeness (QED) is 0.900. The van der Waals surface area contributed by atoms with Crippen molar-refractivity contribution in [1.29, 1.82) is 0 Å². The van der Waals surface area contributed by atoms with Crippen LogP contribution in [0.2, 0.25) is 5.02 Å². The van der Waals surface area contributed by atoms with Gasteiger partial charge < -0.3 is 10.2 Å². The van der Waals surface area contributed by atoms with Crippen LogP contribution in [-0.4, -0.2) is 43.0 Å². The first-order chi connectivity index (χ1) is 8.97. The molecule has 0 fully saturated rings. The first-order valence-electron chi connectivity index (χ1n) is 6.47. The lowest BCUT2D eigenvalue weighted by atomic mass is 10.2. The van der Waals surface area contributed by atoms with E-state index in [0.29, 0.717) is 10.7 Å². The largest absolute Gasteiger partial charge is 0.331 e. The molecule has 0 atom stereocenters.